The van der Waals surface area contributed by atoms with Crippen LogP contribution < -0.4 is 4.74 Å². The number of furan rings is 1. The van der Waals surface area contributed by atoms with E-state index in [1.165, 1.54) is 22.3 Å². The van der Waals surface area contributed by atoms with E-state index < -0.39 is 5.41 Å². The Bertz CT molecular complexity index is 3160. The molecule has 2 aliphatic rings. The van der Waals surface area contributed by atoms with Crippen molar-refractivity contribution in [2.45, 2.75) is 5.41 Å². The van der Waals surface area contributed by atoms with Crippen LogP contribution in [-0.2, 0) is 5.41 Å². The lowest BCUT2D eigenvalue weighted by Crippen LogP contribution is -2.32. The average Bonchev–Trinajstić information content (AvgIpc) is 3.79. The highest BCUT2D eigenvalue weighted by molar-refractivity contribution is 6.07. The number of hydrogen-bond acceptors (Lipinski definition) is 5. The Kier molecular flexibility index (Phi) is 6.78. The first-order valence-corrected chi connectivity index (χ1v) is 19.2. The molecule has 0 N–H and O–H groups in total. The van der Waals surface area contributed by atoms with Gasteiger partial charge in [-0.3, -0.25) is 0 Å². The summed E-state index contributed by atoms with van der Waals surface area (Å²) in [5.74, 6) is 3.48. The summed E-state index contributed by atoms with van der Waals surface area (Å²) in [5, 5.41) is 1.93. The van der Waals surface area contributed by atoms with Crippen molar-refractivity contribution in [2.75, 3.05) is 0 Å². The average molecular weight is 730 g/mol. The lowest BCUT2D eigenvalue weighted by atomic mass is 9.66. The van der Waals surface area contributed by atoms with Gasteiger partial charge in [0.25, 0.3) is 0 Å². The fourth-order valence-electron chi connectivity index (χ4n) is 9.06. The molecule has 2 aromatic heterocycles. The van der Waals surface area contributed by atoms with Crippen LogP contribution in [0.4, 0.5) is 0 Å². The molecule has 5 heteroatoms. The molecule has 0 radical (unpaired) electrons. The van der Waals surface area contributed by atoms with Crippen LogP contribution in [-0.4, -0.2) is 15.0 Å². The molecule has 1 aliphatic heterocycles. The van der Waals surface area contributed by atoms with E-state index in [1.54, 1.807) is 0 Å². The van der Waals surface area contributed by atoms with E-state index in [-0.39, 0.29) is 0 Å². The predicted molar refractivity (Wildman–Crippen MR) is 226 cm³/mol. The van der Waals surface area contributed by atoms with Gasteiger partial charge in [0.05, 0.1) is 5.41 Å². The number of aromatic nitrogens is 3. The topological polar surface area (TPSA) is 61.0 Å². The molecule has 266 valence electrons. The molecule has 0 amide bonds. The van der Waals surface area contributed by atoms with Gasteiger partial charge < -0.3 is 9.15 Å². The zero-order chi connectivity index (χ0) is 37.5. The second kappa shape index (κ2) is 12.2. The monoisotopic (exact) mass is 729 g/mol. The van der Waals surface area contributed by atoms with Gasteiger partial charge in [-0.15, -0.1) is 0 Å². The van der Waals surface area contributed by atoms with Crippen molar-refractivity contribution in [1.29, 1.82) is 0 Å². The molecule has 57 heavy (non-hydrogen) atoms. The number of nitrogens with zero attached hydrogens (tertiary/aromatic N) is 3. The van der Waals surface area contributed by atoms with Gasteiger partial charge in [0.2, 0.25) is 0 Å². The first kappa shape index (κ1) is 31.7. The Morgan fingerprint density at radius 1 is 0.333 bits per heavy atom. The van der Waals surface area contributed by atoms with E-state index in [4.69, 9.17) is 24.1 Å². The van der Waals surface area contributed by atoms with Crippen molar-refractivity contribution in [3.05, 3.63) is 210 Å². The Hall–Kier alpha value is -7.63. The van der Waals surface area contributed by atoms with E-state index in [2.05, 4.69) is 133 Å². The van der Waals surface area contributed by atoms with Crippen molar-refractivity contribution in [3.63, 3.8) is 0 Å². The Morgan fingerprint density at radius 3 is 1.51 bits per heavy atom. The molecule has 0 fully saturated rings. The van der Waals surface area contributed by atoms with E-state index >= 15 is 0 Å². The first-order valence-electron chi connectivity index (χ1n) is 19.2. The first-order chi connectivity index (χ1) is 28.2. The number of hydrogen-bond donors (Lipinski definition) is 0. The maximum Gasteiger partial charge on any atom is 0.164 e. The van der Waals surface area contributed by atoms with Crippen LogP contribution in [0.1, 0.15) is 22.3 Å². The highest BCUT2D eigenvalue weighted by Gasteiger charge is 2.51. The SMILES string of the molecule is c1ccc(-c2ccc(-c3nc(-c4ccccc4)nc(-c4ccc5oc6cc7c(cc6c5c4)Oc4ccccc4C74c5ccccc5-c5ccccc54)n3)cc2)cc1. The standard InChI is InChI=1S/C52H31N3O2/c1-3-13-32(14-4-1)33-23-25-35(26-24-33)50-53-49(34-15-5-2-6-16-34)54-51(55-50)36-27-28-45-39(29-36)40-30-48-44(31-47(40)56-45)52(43-21-11-12-22-46(43)57-48)41-19-9-7-17-37(41)38-18-8-10-20-42(38)52/h1-31H. The third-order valence-corrected chi connectivity index (χ3v) is 11.6. The summed E-state index contributed by atoms with van der Waals surface area (Å²) in [6.07, 6.45) is 0. The van der Waals surface area contributed by atoms with Gasteiger partial charge >= 0.3 is 0 Å². The van der Waals surface area contributed by atoms with Crippen LogP contribution in [0.15, 0.2) is 192 Å². The van der Waals surface area contributed by atoms with Crippen LogP contribution in [0.2, 0.25) is 0 Å². The number of ether oxygens (including phenoxy) is 1. The molecule has 0 atom stereocenters. The summed E-state index contributed by atoms with van der Waals surface area (Å²) < 4.78 is 13.5. The minimum Gasteiger partial charge on any atom is -0.457 e. The van der Waals surface area contributed by atoms with Crippen molar-refractivity contribution in [3.8, 4) is 67.9 Å². The molecule has 1 spiro atoms. The van der Waals surface area contributed by atoms with E-state index in [9.17, 15) is 0 Å². The number of benzene rings is 8. The predicted octanol–water partition coefficient (Wildman–Crippen LogP) is 12.9. The summed E-state index contributed by atoms with van der Waals surface area (Å²) in [7, 11) is 0. The van der Waals surface area contributed by atoms with Gasteiger partial charge in [-0.1, -0.05) is 152 Å². The number of para-hydroxylation sites is 1. The lowest BCUT2D eigenvalue weighted by Gasteiger charge is -2.39. The van der Waals surface area contributed by atoms with Gasteiger partial charge in [-0.05, 0) is 69.8 Å². The van der Waals surface area contributed by atoms with Crippen LogP contribution in [0.25, 0.3) is 78.4 Å². The molecule has 0 saturated carbocycles. The van der Waals surface area contributed by atoms with Crippen LogP contribution in [0, 0.1) is 0 Å². The Labute approximate surface area is 328 Å². The van der Waals surface area contributed by atoms with E-state index in [0.717, 1.165) is 72.4 Å². The lowest BCUT2D eigenvalue weighted by molar-refractivity contribution is 0.437. The molecule has 3 heterocycles. The summed E-state index contributed by atoms with van der Waals surface area (Å²) in [6.45, 7) is 0. The smallest absolute Gasteiger partial charge is 0.164 e. The zero-order valence-corrected chi connectivity index (χ0v) is 30.6. The molecular formula is C52H31N3O2. The van der Waals surface area contributed by atoms with Gasteiger partial charge in [0.1, 0.15) is 22.7 Å². The van der Waals surface area contributed by atoms with Crippen molar-refractivity contribution in [2.24, 2.45) is 0 Å². The van der Waals surface area contributed by atoms with Crippen molar-refractivity contribution in [1.82, 2.24) is 15.0 Å². The summed E-state index contributed by atoms with van der Waals surface area (Å²) in [4.78, 5) is 15.1. The summed E-state index contributed by atoms with van der Waals surface area (Å²) in [5.41, 5.74) is 13.2. The van der Waals surface area contributed by atoms with E-state index in [1.807, 2.05) is 54.6 Å². The zero-order valence-electron chi connectivity index (χ0n) is 30.6. The fraction of sp³-hybridized carbons (Fsp3) is 0.0192. The molecule has 5 nitrogen and oxygen atoms in total. The number of rotatable bonds is 4. The minimum atomic E-state index is -0.565. The molecule has 0 unspecified atom stereocenters. The fourth-order valence-corrected chi connectivity index (χ4v) is 9.06. The summed E-state index contributed by atoms with van der Waals surface area (Å²) in [6, 6.07) is 65.4. The maximum absolute atomic E-state index is 6.83. The van der Waals surface area contributed by atoms with Gasteiger partial charge in [0, 0.05) is 38.6 Å². The normalized spacial score (nSPS) is 13.2. The second-order valence-corrected chi connectivity index (χ2v) is 14.7. The molecule has 0 saturated heterocycles. The van der Waals surface area contributed by atoms with Crippen LogP contribution in [0.3, 0.4) is 0 Å². The third kappa shape index (κ3) is 4.72. The molecule has 8 aromatic carbocycles. The molecule has 12 rings (SSSR count). The quantitative estimate of drug-likeness (QED) is 0.180. The van der Waals surface area contributed by atoms with Crippen LogP contribution >= 0.6 is 0 Å². The van der Waals surface area contributed by atoms with Gasteiger partial charge in [-0.2, -0.15) is 0 Å². The molecule has 10 aromatic rings. The highest BCUT2D eigenvalue weighted by atomic mass is 16.5. The Morgan fingerprint density at radius 2 is 0.825 bits per heavy atom. The maximum atomic E-state index is 6.83. The highest BCUT2D eigenvalue weighted by Crippen LogP contribution is 2.62. The van der Waals surface area contributed by atoms with E-state index in [0.29, 0.717) is 17.5 Å². The Balaban J connectivity index is 1.03. The van der Waals surface area contributed by atoms with Gasteiger partial charge in [0.15, 0.2) is 17.5 Å². The largest absolute Gasteiger partial charge is 0.457 e. The molecular weight excluding hydrogens is 699 g/mol. The third-order valence-electron chi connectivity index (χ3n) is 11.6. The molecule has 0 bridgehead atoms. The van der Waals surface area contributed by atoms with Crippen molar-refractivity contribution < 1.29 is 9.15 Å². The second-order valence-electron chi connectivity index (χ2n) is 14.7. The minimum absolute atomic E-state index is 0.565. The summed E-state index contributed by atoms with van der Waals surface area (Å²) >= 11 is 0. The van der Waals surface area contributed by atoms with Gasteiger partial charge in [-0.25, -0.2) is 15.0 Å². The number of fused-ring (bicyclic) bond motifs is 12. The molecule has 1 aliphatic carbocycles. The van der Waals surface area contributed by atoms with Crippen LogP contribution in [0.5, 0.6) is 11.5 Å². The van der Waals surface area contributed by atoms with Crippen molar-refractivity contribution >= 4 is 21.9 Å².